The Labute approximate surface area is 260 Å². The Balaban J connectivity index is 1.63. The lowest BCUT2D eigenvalue weighted by atomic mass is 9.88. The van der Waals surface area contributed by atoms with Gasteiger partial charge in [-0.25, -0.2) is 8.78 Å². The zero-order chi connectivity index (χ0) is 32.3. The van der Waals surface area contributed by atoms with Crippen molar-refractivity contribution < 1.29 is 27.9 Å². The van der Waals surface area contributed by atoms with Gasteiger partial charge in [0.05, 0.1) is 12.5 Å². The van der Waals surface area contributed by atoms with Crippen LogP contribution < -0.4 is 26.8 Å². The molecule has 0 bridgehead atoms. The van der Waals surface area contributed by atoms with Gasteiger partial charge in [0.1, 0.15) is 11.8 Å². The van der Waals surface area contributed by atoms with Gasteiger partial charge in [-0.2, -0.15) is 0 Å². The minimum absolute atomic E-state index is 0.110. The molecule has 1 aromatic heterocycles. The molecule has 0 saturated heterocycles. The Morgan fingerprint density at radius 3 is 2.16 bits per heavy atom. The van der Waals surface area contributed by atoms with Gasteiger partial charge >= 0.3 is 0 Å². The van der Waals surface area contributed by atoms with Crippen molar-refractivity contribution >= 4 is 17.7 Å². The van der Waals surface area contributed by atoms with Crippen LogP contribution in [0.3, 0.4) is 0 Å². The molecule has 4 rings (SSSR count). The number of carbonyl (C=O) groups is 3. The van der Waals surface area contributed by atoms with E-state index >= 15 is 0 Å². The van der Waals surface area contributed by atoms with E-state index in [2.05, 4.69) is 15.6 Å². The quantitative estimate of drug-likeness (QED) is 0.170. The molecule has 45 heavy (non-hydrogen) atoms. The molecule has 0 aliphatic carbocycles. The van der Waals surface area contributed by atoms with E-state index in [4.69, 9.17) is 16.2 Å². The molecule has 0 spiro atoms. The molecule has 9 nitrogen and oxygen atoms in total. The number of rotatable bonds is 14. The van der Waals surface area contributed by atoms with Gasteiger partial charge in [-0.1, -0.05) is 42.5 Å². The summed E-state index contributed by atoms with van der Waals surface area (Å²) in [4.78, 5) is 44.0. The lowest BCUT2D eigenvalue weighted by Gasteiger charge is -2.24. The summed E-state index contributed by atoms with van der Waals surface area (Å²) in [6.07, 6.45) is 2.80. The fourth-order valence-electron chi connectivity index (χ4n) is 4.87. The zero-order valence-electron chi connectivity index (χ0n) is 24.8. The summed E-state index contributed by atoms with van der Waals surface area (Å²) in [5.74, 6) is -4.31. The molecule has 2 atom stereocenters. The summed E-state index contributed by atoms with van der Waals surface area (Å²) in [7, 11) is 0. The monoisotopic (exact) mass is 615 g/mol. The van der Waals surface area contributed by atoms with Crippen LogP contribution in [0, 0.1) is 11.6 Å². The Hall–Kier alpha value is -5.16. The molecular weight excluding hydrogens is 580 g/mol. The number of pyridine rings is 1. The standard InChI is InChI=1S/C34H35F2N5O4/c1-2-45-25-10-7-21(8-11-25)15-27(28-20-39-14-13-26(28)32(38)42)33(43)41-31(17-24-9-12-29(35)30(36)16-24)34(44)40-19-23-5-3-22(18-37)4-6-23/h3-14,16,20,27,31H,2,15,17-19,37H2,1H3,(H2,38,42)(H,40,44)(H,41,43)/t27-,31+/m1/s1. The number of nitrogens with one attached hydrogen (secondary N) is 2. The number of halogens is 2. The fourth-order valence-corrected chi connectivity index (χ4v) is 4.87. The maximum absolute atomic E-state index is 14.1. The molecule has 0 saturated carbocycles. The van der Waals surface area contributed by atoms with E-state index in [0.29, 0.717) is 24.5 Å². The Bertz CT molecular complexity index is 1630. The summed E-state index contributed by atoms with van der Waals surface area (Å²) in [5.41, 5.74) is 14.5. The van der Waals surface area contributed by atoms with Crippen molar-refractivity contribution in [3.05, 3.63) is 130 Å². The van der Waals surface area contributed by atoms with Crippen LogP contribution in [0.4, 0.5) is 8.78 Å². The average Bonchev–Trinajstić information content (AvgIpc) is 3.05. The molecule has 0 unspecified atom stereocenters. The first-order valence-electron chi connectivity index (χ1n) is 14.4. The highest BCUT2D eigenvalue weighted by atomic mass is 19.2. The van der Waals surface area contributed by atoms with Crippen LogP contribution in [0.1, 0.15) is 51.0 Å². The number of ether oxygens (including phenoxy) is 1. The van der Waals surface area contributed by atoms with Crippen LogP contribution in [0.25, 0.3) is 0 Å². The van der Waals surface area contributed by atoms with E-state index in [0.717, 1.165) is 28.8 Å². The molecule has 3 amide bonds. The minimum Gasteiger partial charge on any atom is -0.494 e. The van der Waals surface area contributed by atoms with Crippen LogP contribution >= 0.6 is 0 Å². The van der Waals surface area contributed by atoms with E-state index in [1.165, 1.54) is 24.5 Å². The number of nitrogens with zero attached hydrogens (tertiary/aromatic N) is 1. The summed E-state index contributed by atoms with van der Waals surface area (Å²) in [6.45, 7) is 2.88. The predicted octanol–water partition coefficient (Wildman–Crippen LogP) is 3.69. The second kappa shape index (κ2) is 15.5. The predicted molar refractivity (Wildman–Crippen MR) is 165 cm³/mol. The van der Waals surface area contributed by atoms with Crippen LogP contribution in [-0.2, 0) is 35.5 Å². The molecule has 0 fully saturated rings. The molecule has 11 heteroatoms. The van der Waals surface area contributed by atoms with Gasteiger partial charge in [-0.3, -0.25) is 19.4 Å². The number of aromatic nitrogens is 1. The van der Waals surface area contributed by atoms with Crippen LogP contribution in [0.15, 0.2) is 85.2 Å². The van der Waals surface area contributed by atoms with Crippen molar-refractivity contribution in [3.63, 3.8) is 0 Å². The number of carbonyl (C=O) groups excluding carboxylic acids is 3. The number of benzene rings is 3. The van der Waals surface area contributed by atoms with Crippen LogP contribution in [-0.4, -0.2) is 35.4 Å². The van der Waals surface area contributed by atoms with Crippen LogP contribution in [0.5, 0.6) is 5.75 Å². The van der Waals surface area contributed by atoms with E-state index in [-0.39, 0.29) is 30.5 Å². The summed E-state index contributed by atoms with van der Waals surface area (Å²) >= 11 is 0. The van der Waals surface area contributed by atoms with Crippen molar-refractivity contribution in [1.29, 1.82) is 0 Å². The second-order valence-corrected chi connectivity index (χ2v) is 10.4. The van der Waals surface area contributed by atoms with Gasteiger partial charge in [0, 0.05) is 37.5 Å². The van der Waals surface area contributed by atoms with Gasteiger partial charge in [0.25, 0.3) is 0 Å². The van der Waals surface area contributed by atoms with Crippen molar-refractivity contribution in [2.24, 2.45) is 11.5 Å². The molecule has 0 aliphatic rings. The Morgan fingerprint density at radius 1 is 0.844 bits per heavy atom. The number of nitrogens with two attached hydrogens (primary N) is 2. The number of hydrogen-bond acceptors (Lipinski definition) is 6. The highest BCUT2D eigenvalue weighted by Gasteiger charge is 2.30. The van der Waals surface area contributed by atoms with Gasteiger partial charge in [-0.15, -0.1) is 0 Å². The van der Waals surface area contributed by atoms with Gasteiger partial charge < -0.3 is 26.8 Å². The molecular formula is C34H35F2N5O4. The SMILES string of the molecule is CCOc1ccc(C[C@@H](C(=O)N[C@@H](Cc2ccc(F)c(F)c2)C(=O)NCc2ccc(CN)cc2)c2cnccc2C(N)=O)cc1. The normalized spacial score (nSPS) is 12.2. The molecule has 0 aliphatic heterocycles. The number of hydrogen-bond donors (Lipinski definition) is 4. The van der Waals surface area contributed by atoms with E-state index < -0.39 is 41.3 Å². The molecule has 3 aromatic carbocycles. The van der Waals surface area contributed by atoms with Crippen molar-refractivity contribution in [1.82, 2.24) is 15.6 Å². The highest BCUT2D eigenvalue weighted by Crippen LogP contribution is 2.26. The first-order valence-corrected chi connectivity index (χ1v) is 14.4. The second-order valence-electron chi connectivity index (χ2n) is 10.4. The van der Waals surface area contributed by atoms with E-state index in [1.807, 2.05) is 31.2 Å². The van der Waals surface area contributed by atoms with E-state index in [1.54, 1.807) is 24.3 Å². The molecule has 234 valence electrons. The third-order valence-corrected chi connectivity index (χ3v) is 7.27. The molecule has 6 N–H and O–H groups in total. The first-order chi connectivity index (χ1) is 21.7. The molecule has 1 heterocycles. The molecule has 0 radical (unpaired) electrons. The lowest BCUT2D eigenvalue weighted by Crippen LogP contribution is -2.49. The van der Waals surface area contributed by atoms with Crippen LogP contribution in [0.2, 0.25) is 0 Å². The largest absolute Gasteiger partial charge is 0.494 e. The lowest BCUT2D eigenvalue weighted by molar-refractivity contribution is -0.129. The third kappa shape index (κ3) is 8.93. The van der Waals surface area contributed by atoms with Gasteiger partial charge in [-0.05, 0) is 71.5 Å². The average molecular weight is 616 g/mol. The van der Waals surface area contributed by atoms with Gasteiger partial charge in [0.15, 0.2) is 11.6 Å². The van der Waals surface area contributed by atoms with Crippen molar-refractivity contribution in [2.75, 3.05) is 6.61 Å². The van der Waals surface area contributed by atoms with E-state index in [9.17, 15) is 23.2 Å². The maximum atomic E-state index is 14.1. The first kappa shape index (κ1) is 32.7. The summed E-state index contributed by atoms with van der Waals surface area (Å²) in [6, 6.07) is 18.0. The number of primary amides is 1. The Morgan fingerprint density at radius 2 is 1.51 bits per heavy atom. The Kier molecular flexibility index (Phi) is 11.3. The smallest absolute Gasteiger partial charge is 0.249 e. The maximum Gasteiger partial charge on any atom is 0.249 e. The summed E-state index contributed by atoms with van der Waals surface area (Å²) < 4.78 is 33.3. The number of amides is 3. The fraction of sp³-hybridized carbons (Fsp3) is 0.235. The van der Waals surface area contributed by atoms with Gasteiger partial charge in [0.2, 0.25) is 17.7 Å². The molecule has 4 aromatic rings. The zero-order valence-corrected chi connectivity index (χ0v) is 24.8. The highest BCUT2D eigenvalue weighted by molar-refractivity contribution is 5.97. The van der Waals surface area contributed by atoms with Crippen molar-refractivity contribution in [2.45, 2.75) is 44.8 Å². The summed E-state index contributed by atoms with van der Waals surface area (Å²) in [5, 5.41) is 5.59. The minimum atomic E-state index is -1.18. The van der Waals surface area contributed by atoms with Crippen molar-refractivity contribution in [3.8, 4) is 5.75 Å². The third-order valence-electron chi connectivity index (χ3n) is 7.27. The topological polar surface area (TPSA) is 149 Å².